The summed E-state index contributed by atoms with van der Waals surface area (Å²) in [6.45, 7) is 6.10. The zero-order chi connectivity index (χ0) is 18.8. The Labute approximate surface area is 163 Å². The highest BCUT2D eigenvalue weighted by molar-refractivity contribution is 5.86. The van der Waals surface area contributed by atoms with Crippen LogP contribution in [0.4, 0.5) is 5.69 Å². The van der Waals surface area contributed by atoms with Crippen LogP contribution in [-0.2, 0) is 11.3 Å². The van der Waals surface area contributed by atoms with Gasteiger partial charge in [0.1, 0.15) is 18.7 Å². The number of rotatable bonds is 5. The molecule has 4 heterocycles. The van der Waals surface area contributed by atoms with Gasteiger partial charge in [0.15, 0.2) is 0 Å². The Morgan fingerprint density at radius 1 is 1.11 bits per heavy atom. The molecule has 8 nitrogen and oxygen atoms in total. The summed E-state index contributed by atoms with van der Waals surface area (Å²) in [4.78, 5) is 13.6. The topological polar surface area (TPSA) is 76.8 Å². The number of nitrogens with zero attached hydrogens (tertiary/aromatic N) is 5. The lowest BCUT2D eigenvalue weighted by atomic mass is 10.1. The molecule has 3 aromatic rings. The first-order valence-corrected chi connectivity index (χ1v) is 9.71. The van der Waals surface area contributed by atoms with E-state index in [0.29, 0.717) is 12.5 Å². The number of anilines is 1. The van der Waals surface area contributed by atoms with Gasteiger partial charge in [0, 0.05) is 50.9 Å². The Balaban J connectivity index is 1.30. The lowest BCUT2D eigenvalue weighted by molar-refractivity contribution is 0.139. The van der Waals surface area contributed by atoms with Crippen molar-refractivity contribution in [3.8, 4) is 5.88 Å². The van der Waals surface area contributed by atoms with Gasteiger partial charge >= 0.3 is 0 Å². The van der Waals surface area contributed by atoms with Crippen molar-refractivity contribution in [1.29, 1.82) is 0 Å². The molecule has 0 saturated carbocycles. The summed E-state index contributed by atoms with van der Waals surface area (Å²) in [6, 6.07) is 8.25. The molecule has 2 saturated heterocycles. The SMILES string of the molecule is c1nc(OC2CCOC2)c2cc(N3CCN(Cc4ccon4)CC3)ccc2n1. The second-order valence-electron chi connectivity index (χ2n) is 7.24. The molecule has 5 rings (SSSR count). The number of ether oxygens (including phenoxy) is 2. The first kappa shape index (κ1) is 17.4. The minimum atomic E-state index is 0.0711. The molecule has 2 aliphatic rings. The van der Waals surface area contributed by atoms with Crippen LogP contribution in [0.1, 0.15) is 12.1 Å². The molecule has 0 amide bonds. The maximum atomic E-state index is 6.09. The maximum Gasteiger partial charge on any atom is 0.224 e. The molecule has 1 unspecified atom stereocenters. The molecule has 0 N–H and O–H groups in total. The van der Waals surface area contributed by atoms with Crippen LogP contribution in [0.2, 0.25) is 0 Å². The van der Waals surface area contributed by atoms with E-state index in [2.05, 4.69) is 37.1 Å². The van der Waals surface area contributed by atoms with Gasteiger partial charge in [-0.2, -0.15) is 0 Å². The Bertz CT molecular complexity index is 919. The fraction of sp³-hybridized carbons (Fsp3) is 0.450. The second-order valence-corrected chi connectivity index (χ2v) is 7.24. The van der Waals surface area contributed by atoms with E-state index in [9.17, 15) is 0 Å². The Hall–Kier alpha value is -2.71. The summed E-state index contributed by atoms with van der Waals surface area (Å²) in [5.41, 5.74) is 3.06. The molecule has 0 bridgehead atoms. The van der Waals surface area contributed by atoms with Crippen LogP contribution in [-0.4, -0.2) is 65.5 Å². The van der Waals surface area contributed by atoms with Crippen LogP contribution in [0.25, 0.3) is 10.9 Å². The zero-order valence-corrected chi connectivity index (χ0v) is 15.7. The van der Waals surface area contributed by atoms with E-state index in [1.807, 2.05) is 12.1 Å². The third-order valence-electron chi connectivity index (χ3n) is 5.36. The maximum absolute atomic E-state index is 6.09. The third kappa shape index (κ3) is 3.65. The number of fused-ring (bicyclic) bond motifs is 1. The number of aromatic nitrogens is 3. The van der Waals surface area contributed by atoms with Crippen molar-refractivity contribution in [2.24, 2.45) is 0 Å². The molecular weight excluding hydrogens is 358 g/mol. The van der Waals surface area contributed by atoms with Gasteiger partial charge in [0.05, 0.1) is 29.8 Å². The van der Waals surface area contributed by atoms with Gasteiger partial charge in [0.2, 0.25) is 5.88 Å². The summed E-state index contributed by atoms with van der Waals surface area (Å²) in [5.74, 6) is 0.645. The van der Waals surface area contributed by atoms with Gasteiger partial charge in [-0.05, 0) is 18.2 Å². The molecule has 2 aliphatic heterocycles. The first-order chi connectivity index (χ1) is 13.8. The van der Waals surface area contributed by atoms with Gasteiger partial charge in [-0.25, -0.2) is 9.97 Å². The van der Waals surface area contributed by atoms with Crippen molar-refractivity contribution in [3.05, 3.63) is 42.5 Å². The van der Waals surface area contributed by atoms with E-state index >= 15 is 0 Å². The predicted octanol–water partition coefficient (Wildman–Crippen LogP) is 2.11. The molecular formula is C20H23N5O3. The second kappa shape index (κ2) is 7.73. The molecule has 2 aromatic heterocycles. The fourth-order valence-electron chi connectivity index (χ4n) is 3.79. The highest BCUT2D eigenvalue weighted by Gasteiger charge is 2.21. The summed E-state index contributed by atoms with van der Waals surface area (Å²) < 4.78 is 16.4. The third-order valence-corrected chi connectivity index (χ3v) is 5.36. The van der Waals surface area contributed by atoms with Crippen molar-refractivity contribution in [3.63, 3.8) is 0 Å². The van der Waals surface area contributed by atoms with E-state index < -0.39 is 0 Å². The van der Waals surface area contributed by atoms with E-state index in [0.717, 1.165) is 62.3 Å². The average Bonchev–Trinajstić information content (AvgIpc) is 3.43. The van der Waals surface area contributed by atoms with Crippen LogP contribution in [0.3, 0.4) is 0 Å². The van der Waals surface area contributed by atoms with Crippen LogP contribution >= 0.6 is 0 Å². The number of hydrogen-bond acceptors (Lipinski definition) is 8. The Morgan fingerprint density at radius 3 is 2.82 bits per heavy atom. The smallest absolute Gasteiger partial charge is 0.224 e. The summed E-state index contributed by atoms with van der Waals surface area (Å²) in [6.07, 6.45) is 4.16. The first-order valence-electron chi connectivity index (χ1n) is 9.71. The number of piperazine rings is 1. The highest BCUT2D eigenvalue weighted by atomic mass is 16.5. The molecule has 1 atom stereocenters. The van der Waals surface area contributed by atoms with Gasteiger partial charge in [-0.15, -0.1) is 0 Å². The largest absolute Gasteiger partial charge is 0.471 e. The van der Waals surface area contributed by atoms with Gasteiger partial charge in [0.25, 0.3) is 0 Å². The van der Waals surface area contributed by atoms with E-state index in [1.165, 1.54) is 5.69 Å². The molecule has 28 heavy (non-hydrogen) atoms. The summed E-state index contributed by atoms with van der Waals surface area (Å²) in [5, 5.41) is 4.96. The molecule has 0 aliphatic carbocycles. The summed E-state index contributed by atoms with van der Waals surface area (Å²) in [7, 11) is 0. The minimum absolute atomic E-state index is 0.0711. The molecule has 8 heteroatoms. The molecule has 146 valence electrons. The van der Waals surface area contributed by atoms with Crippen LogP contribution in [0.5, 0.6) is 5.88 Å². The van der Waals surface area contributed by atoms with Crippen LogP contribution < -0.4 is 9.64 Å². The van der Waals surface area contributed by atoms with E-state index in [-0.39, 0.29) is 6.10 Å². The monoisotopic (exact) mass is 381 g/mol. The standard InChI is InChI=1S/C20H23N5O3/c1-2-19-18(20(22-14-21-19)28-17-4-9-26-13-17)11-16(1)25-7-5-24(6-8-25)12-15-3-10-27-23-15/h1-3,10-11,14,17H,4-9,12-13H2. The molecule has 1 aromatic carbocycles. The molecule has 0 spiro atoms. The fourth-order valence-corrected chi connectivity index (χ4v) is 3.79. The van der Waals surface area contributed by atoms with E-state index in [1.54, 1.807) is 12.6 Å². The minimum Gasteiger partial charge on any atom is -0.471 e. The Kier molecular flexibility index (Phi) is 4.80. The molecule has 0 radical (unpaired) electrons. The average molecular weight is 381 g/mol. The number of benzene rings is 1. The van der Waals surface area contributed by atoms with Gasteiger partial charge < -0.3 is 18.9 Å². The van der Waals surface area contributed by atoms with Gasteiger partial charge in [-0.3, -0.25) is 4.90 Å². The Morgan fingerprint density at radius 2 is 2.04 bits per heavy atom. The van der Waals surface area contributed by atoms with Crippen LogP contribution in [0, 0.1) is 0 Å². The number of hydrogen-bond donors (Lipinski definition) is 0. The van der Waals surface area contributed by atoms with Crippen LogP contribution in [0.15, 0.2) is 41.4 Å². The van der Waals surface area contributed by atoms with Gasteiger partial charge in [-0.1, -0.05) is 5.16 Å². The van der Waals surface area contributed by atoms with Crippen molar-refractivity contribution in [2.75, 3.05) is 44.3 Å². The highest BCUT2D eigenvalue weighted by Crippen LogP contribution is 2.29. The normalized spacial score (nSPS) is 20.7. The van der Waals surface area contributed by atoms with Crippen molar-refractivity contribution in [1.82, 2.24) is 20.0 Å². The molecule has 2 fully saturated rings. The lowest BCUT2D eigenvalue weighted by Gasteiger charge is -2.35. The summed E-state index contributed by atoms with van der Waals surface area (Å²) >= 11 is 0. The van der Waals surface area contributed by atoms with Crippen molar-refractivity contribution in [2.45, 2.75) is 19.1 Å². The van der Waals surface area contributed by atoms with Crippen molar-refractivity contribution < 1.29 is 14.0 Å². The van der Waals surface area contributed by atoms with E-state index in [4.69, 9.17) is 14.0 Å². The lowest BCUT2D eigenvalue weighted by Crippen LogP contribution is -2.46. The predicted molar refractivity (Wildman–Crippen MR) is 103 cm³/mol. The zero-order valence-electron chi connectivity index (χ0n) is 15.7. The quantitative estimate of drug-likeness (QED) is 0.665. The van der Waals surface area contributed by atoms with Crippen molar-refractivity contribution >= 4 is 16.6 Å².